The lowest BCUT2D eigenvalue weighted by Crippen LogP contribution is -2.67. The molecule has 0 radical (unpaired) electrons. The molecule has 4 amide bonds. The summed E-state index contributed by atoms with van der Waals surface area (Å²) < 4.78 is 4.88. The number of unbranched alkanes of at least 4 members (excludes halogenated alkanes) is 5. The number of nitrogens with zero attached hydrogens (tertiary/aromatic N) is 4. The molecular weight excluding hydrogens is 312 g/mol. The number of carbonyl (C=O) groups excluding carboxylic acids is 3. The minimum Gasteiger partial charge on any atom is -0.401 e. The summed E-state index contributed by atoms with van der Waals surface area (Å²) in [5, 5.41) is 8.70. The molecule has 1 aliphatic rings. The van der Waals surface area contributed by atoms with Crippen molar-refractivity contribution in [3.63, 3.8) is 0 Å². The Balaban J connectivity index is 2.34. The van der Waals surface area contributed by atoms with Crippen LogP contribution >= 0.6 is 0 Å². The third kappa shape index (κ3) is 5.67. The summed E-state index contributed by atoms with van der Waals surface area (Å²) in [6, 6.07) is -0.801. The second-order valence-corrected chi connectivity index (χ2v) is 5.63. The molecule has 8 heteroatoms. The van der Waals surface area contributed by atoms with Crippen molar-refractivity contribution in [2.45, 2.75) is 64.5 Å². The number of hydrogen-bond donors (Lipinski definition) is 0. The highest BCUT2D eigenvalue weighted by Gasteiger charge is 2.48. The van der Waals surface area contributed by atoms with Gasteiger partial charge in [0.1, 0.15) is 0 Å². The first-order chi connectivity index (χ1) is 11.7. The maximum atomic E-state index is 12.1. The smallest absolute Gasteiger partial charge is 0.339 e. The lowest BCUT2D eigenvalue weighted by Gasteiger charge is -2.41. The molecule has 0 spiro atoms. The standard InChI is InChI=1S/C16H24N4O4/c1-2-3-6-9-14(24-12-17)20-15(22)19(16(20)23)11-8-5-4-7-10-18-13-21/h14H,2-11H2,1H3. The zero-order chi connectivity index (χ0) is 17.8. The van der Waals surface area contributed by atoms with E-state index in [1.165, 1.54) is 11.0 Å². The molecule has 1 atom stereocenters. The van der Waals surface area contributed by atoms with Crippen molar-refractivity contribution in [3.05, 3.63) is 0 Å². The number of rotatable bonds is 13. The molecule has 24 heavy (non-hydrogen) atoms. The molecule has 132 valence electrons. The summed E-state index contributed by atoms with van der Waals surface area (Å²) in [5.74, 6) is 0. The molecule has 0 N–H and O–H groups in total. The van der Waals surface area contributed by atoms with Crippen LogP contribution in [0.1, 0.15) is 58.3 Å². The largest absolute Gasteiger partial charge is 0.401 e. The lowest BCUT2D eigenvalue weighted by atomic mass is 10.1. The van der Waals surface area contributed by atoms with Crippen LogP contribution in [0.2, 0.25) is 0 Å². The van der Waals surface area contributed by atoms with E-state index in [9.17, 15) is 14.4 Å². The third-order valence-electron chi connectivity index (χ3n) is 3.87. The molecule has 0 aliphatic carbocycles. The summed E-state index contributed by atoms with van der Waals surface area (Å²) in [7, 11) is 0. The van der Waals surface area contributed by atoms with Crippen molar-refractivity contribution in [3.8, 4) is 6.26 Å². The molecule has 1 unspecified atom stereocenters. The van der Waals surface area contributed by atoms with E-state index in [4.69, 9.17) is 10.00 Å². The van der Waals surface area contributed by atoms with Crippen molar-refractivity contribution in [2.75, 3.05) is 13.1 Å². The van der Waals surface area contributed by atoms with Crippen LogP contribution in [0.5, 0.6) is 0 Å². The highest BCUT2D eigenvalue weighted by molar-refractivity contribution is 6.11. The maximum absolute atomic E-state index is 12.1. The van der Waals surface area contributed by atoms with Crippen LogP contribution in [0.3, 0.4) is 0 Å². The summed E-state index contributed by atoms with van der Waals surface area (Å²) in [6.45, 7) is 2.87. The quantitative estimate of drug-likeness (QED) is 0.222. The van der Waals surface area contributed by atoms with Crippen molar-refractivity contribution < 1.29 is 19.1 Å². The lowest BCUT2D eigenvalue weighted by molar-refractivity contribution is -0.00324. The van der Waals surface area contributed by atoms with Crippen LogP contribution in [-0.2, 0) is 9.53 Å². The average Bonchev–Trinajstić information content (AvgIpc) is 2.57. The summed E-state index contributed by atoms with van der Waals surface area (Å²) in [4.78, 5) is 39.8. The van der Waals surface area contributed by atoms with Gasteiger partial charge >= 0.3 is 12.1 Å². The van der Waals surface area contributed by atoms with Gasteiger partial charge in [-0.15, -0.1) is 0 Å². The van der Waals surface area contributed by atoms with Crippen LogP contribution in [-0.4, -0.2) is 47.3 Å². The van der Waals surface area contributed by atoms with Gasteiger partial charge in [0.15, 0.2) is 6.23 Å². The third-order valence-corrected chi connectivity index (χ3v) is 3.87. The molecule has 0 saturated carbocycles. The number of hydrogen-bond acceptors (Lipinski definition) is 6. The number of urea groups is 2. The molecule has 0 aromatic heterocycles. The number of amides is 4. The Morgan fingerprint density at radius 2 is 1.83 bits per heavy atom. The summed E-state index contributed by atoms with van der Waals surface area (Å²) in [5.41, 5.74) is 0. The fourth-order valence-corrected chi connectivity index (χ4v) is 2.55. The Morgan fingerprint density at radius 3 is 2.46 bits per heavy atom. The van der Waals surface area contributed by atoms with Crippen molar-refractivity contribution in [1.29, 1.82) is 5.26 Å². The molecule has 1 saturated heterocycles. The van der Waals surface area contributed by atoms with Crippen molar-refractivity contribution in [1.82, 2.24) is 9.80 Å². The van der Waals surface area contributed by atoms with Gasteiger partial charge in [0.25, 0.3) is 6.26 Å². The van der Waals surface area contributed by atoms with Gasteiger partial charge < -0.3 is 4.74 Å². The van der Waals surface area contributed by atoms with E-state index in [0.717, 1.165) is 43.4 Å². The van der Waals surface area contributed by atoms with Crippen molar-refractivity contribution >= 4 is 18.1 Å². The van der Waals surface area contributed by atoms with Crippen molar-refractivity contribution in [2.24, 2.45) is 4.99 Å². The summed E-state index contributed by atoms with van der Waals surface area (Å²) >= 11 is 0. The second-order valence-electron chi connectivity index (χ2n) is 5.63. The predicted octanol–water partition coefficient (Wildman–Crippen LogP) is 3.14. The van der Waals surface area contributed by atoms with Gasteiger partial charge in [-0.25, -0.2) is 29.2 Å². The van der Waals surface area contributed by atoms with E-state index in [2.05, 4.69) is 4.99 Å². The molecule has 1 rings (SSSR count). The van der Waals surface area contributed by atoms with Crippen LogP contribution in [0.15, 0.2) is 4.99 Å². The molecule has 0 aromatic carbocycles. The Bertz CT molecular complexity index is 495. The molecule has 0 bridgehead atoms. The van der Waals surface area contributed by atoms with E-state index in [1.807, 2.05) is 6.92 Å². The SMILES string of the molecule is CCCCCC(OC#N)N1C(=O)N(CCCCCCN=C=O)C1=O. The number of ether oxygens (including phenoxy) is 1. The Hall–Kier alpha value is -2.39. The first kappa shape index (κ1) is 19.7. The van der Waals surface area contributed by atoms with Gasteiger partial charge in [-0.2, -0.15) is 5.26 Å². The second kappa shape index (κ2) is 11.2. The van der Waals surface area contributed by atoms with Crippen LogP contribution in [0.25, 0.3) is 0 Å². The Morgan fingerprint density at radius 1 is 1.12 bits per heavy atom. The number of nitriles is 1. The monoisotopic (exact) mass is 336 g/mol. The Labute approximate surface area is 142 Å². The van der Waals surface area contributed by atoms with E-state index in [-0.39, 0.29) is 0 Å². The van der Waals surface area contributed by atoms with E-state index in [0.29, 0.717) is 25.9 Å². The van der Waals surface area contributed by atoms with Gasteiger partial charge in [-0.05, 0) is 19.3 Å². The highest BCUT2D eigenvalue weighted by Crippen LogP contribution is 2.24. The fraction of sp³-hybridized carbons (Fsp3) is 0.750. The fourth-order valence-electron chi connectivity index (χ4n) is 2.55. The van der Waals surface area contributed by atoms with Gasteiger partial charge in [-0.1, -0.05) is 32.6 Å². The first-order valence-electron chi connectivity index (χ1n) is 8.40. The van der Waals surface area contributed by atoms with E-state index >= 15 is 0 Å². The maximum Gasteiger partial charge on any atom is 0.339 e. The normalized spacial score (nSPS) is 14.7. The zero-order valence-corrected chi connectivity index (χ0v) is 14.1. The van der Waals surface area contributed by atoms with E-state index < -0.39 is 18.3 Å². The minimum absolute atomic E-state index is 0.360. The molecule has 8 nitrogen and oxygen atoms in total. The van der Waals surface area contributed by atoms with Gasteiger partial charge in [0, 0.05) is 13.0 Å². The topological polar surface area (TPSA) is 103 Å². The molecule has 1 fully saturated rings. The molecule has 1 heterocycles. The van der Waals surface area contributed by atoms with Crippen LogP contribution < -0.4 is 0 Å². The van der Waals surface area contributed by atoms with E-state index in [1.54, 1.807) is 6.26 Å². The zero-order valence-electron chi connectivity index (χ0n) is 14.1. The van der Waals surface area contributed by atoms with Gasteiger partial charge in [0.05, 0.1) is 6.54 Å². The molecule has 0 aromatic rings. The number of aliphatic imine (C=N–C) groups is 1. The first-order valence-corrected chi connectivity index (χ1v) is 8.40. The predicted molar refractivity (Wildman–Crippen MR) is 85.4 cm³/mol. The minimum atomic E-state index is -0.793. The van der Waals surface area contributed by atoms with Crippen LogP contribution in [0.4, 0.5) is 9.59 Å². The average molecular weight is 336 g/mol. The van der Waals surface area contributed by atoms with Gasteiger partial charge in [0.2, 0.25) is 6.08 Å². The number of carbonyl (C=O) groups is 2. The highest BCUT2D eigenvalue weighted by atomic mass is 16.5. The molecular formula is C16H24N4O4. The van der Waals surface area contributed by atoms with Gasteiger partial charge in [-0.3, -0.25) is 0 Å². The number of imide groups is 2. The van der Waals surface area contributed by atoms with Crippen LogP contribution in [0, 0.1) is 11.5 Å². The molecule has 1 aliphatic heterocycles. The summed E-state index contributed by atoms with van der Waals surface area (Å²) in [6.07, 6.45) is 8.72. The number of isocyanates is 1. The Kier molecular flexibility index (Phi) is 9.17.